The predicted molar refractivity (Wildman–Crippen MR) is 131 cm³/mol. The van der Waals surface area contributed by atoms with Gasteiger partial charge in [-0.2, -0.15) is 4.98 Å². The number of rotatable bonds is 4. The first-order chi connectivity index (χ1) is 16.4. The highest BCUT2D eigenvalue weighted by molar-refractivity contribution is 7.98. The number of carbonyl (C=O) groups excluding carboxylic acids is 1. The Kier molecular flexibility index (Phi) is 4.88. The zero-order valence-electron chi connectivity index (χ0n) is 18.9. The van der Waals surface area contributed by atoms with Gasteiger partial charge < -0.3 is 10.3 Å². The Morgan fingerprint density at radius 1 is 1.15 bits per heavy atom. The van der Waals surface area contributed by atoms with Crippen molar-refractivity contribution in [1.29, 1.82) is 0 Å². The summed E-state index contributed by atoms with van der Waals surface area (Å²) in [6.07, 6.45) is 3.22. The second kappa shape index (κ2) is 7.84. The first-order valence-electron chi connectivity index (χ1n) is 11.3. The minimum atomic E-state index is -0.374. The van der Waals surface area contributed by atoms with Gasteiger partial charge in [0.15, 0.2) is 5.78 Å². The van der Waals surface area contributed by atoms with Crippen molar-refractivity contribution in [2.75, 3.05) is 5.32 Å². The molecule has 6 rings (SSSR count). The van der Waals surface area contributed by atoms with Crippen LogP contribution in [0.25, 0.3) is 10.9 Å². The Bertz CT molecular complexity index is 1470. The Morgan fingerprint density at radius 2 is 1.94 bits per heavy atom. The van der Waals surface area contributed by atoms with E-state index in [1.807, 2.05) is 35.1 Å². The summed E-state index contributed by atoms with van der Waals surface area (Å²) in [5.74, 6) is 0.928. The molecule has 0 amide bonds. The van der Waals surface area contributed by atoms with Crippen LogP contribution in [0.1, 0.15) is 43.9 Å². The third-order valence-corrected chi connectivity index (χ3v) is 7.43. The number of fused-ring (bicyclic) bond motifs is 2. The second-order valence-electron chi connectivity index (χ2n) is 9.69. The lowest BCUT2D eigenvalue weighted by atomic mass is 9.73. The number of allylic oxidation sites excluding steroid dienone is 2. The molecule has 2 N–H and O–H groups in total. The van der Waals surface area contributed by atoms with Crippen molar-refractivity contribution in [2.24, 2.45) is 5.41 Å². The molecule has 2 aliphatic rings. The second-order valence-corrected chi connectivity index (χ2v) is 10.6. The fourth-order valence-electron chi connectivity index (χ4n) is 5.02. The molecule has 0 fully saturated rings. The van der Waals surface area contributed by atoms with Crippen molar-refractivity contribution < 1.29 is 9.18 Å². The monoisotopic (exact) mass is 473 g/mol. The molecular weight excluding hydrogens is 449 g/mol. The normalized spacial score (nSPS) is 19.1. The van der Waals surface area contributed by atoms with E-state index in [-0.39, 0.29) is 23.1 Å². The van der Waals surface area contributed by atoms with Crippen LogP contribution in [0.5, 0.6) is 0 Å². The van der Waals surface area contributed by atoms with Crippen LogP contribution in [-0.4, -0.2) is 25.5 Å². The number of ketones is 1. The molecule has 1 unspecified atom stereocenters. The highest BCUT2D eigenvalue weighted by atomic mass is 32.2. The molecule has 3 heterocycles. The molecule has 172 valence electrons. The van der Waals surface area contributed by atoms with Crippen molar-refractivity contribution in [3.8, 4) is 0 Å². The molecule has 0 saturated carbocycles. The molecule has 1 atom stereocenters. The molecule has 1 aliphatic carbocycles. The van der Waals surface area contributed by atoms with Crippen molar-refractivity contribution >= 4 is 34.4 Å². The number of Topliss-reactive ketones (excluding diaryl/α,β-unsaturated/α-hetero) is 1. The minimum absolute atomic E-state index is 0.127. The van der Waals surface area contributed by atoms with Crippen LogP contribution in [-0.2, 0) is 10.5 Å². The van der Waals surface area contributed by atoms with Gasteiger partial charge in [0.1, 0.15) is 11.9 Å². The van der Waals surface area contributed by atoms with E-state index in [9.17, 15) is 9.18 Å². The molecule has 0 bridgehead atoms. The van der Waals surface area contributed by atoms with Gasteiger partial charge in [-0.3, -0.25) is 4.79 Å². The topological polar surface area (TPSA) is 75.6 Å². The number of H-pyrrole nitrogens is 1. The summed E-state index contributed by atoms with van der Waals surface area (Å²) in [4.78, 5) is 21.5. The van der Waals surface area contributed by atoms with Gasteiger partial charge in [-0.25, -0.2) is 9.07 Å². The maximum absolute atomic E-state index is 14.1. The number of benzene rings is 2. The Morgan fingerprint density at radius 3 is 2.79 bits per heavy atom. The van der Waals surface area contributed by atoms with Gasteiger partial charge >= 0.3 is 0 Å². The van der Waals surface area contributed by atoms with E-state index in [1.165, 1.54) is 17.8 Å². The lowest BCUT2D eigenvalue weighted by molar-refractivity contribution is -0.118. The molecule has 0 spiro atoms. The third kappa shape index (κ3) is 3.53. The van der Waals surface area contributed by atoms with Crippen LogP contribution in [0.2, 0.25) is 0 Å². The first kappa shape index (κ1) is 21.2. The molecule has 2 aromatic carbocycles. The van der Waals surface area contributed by atoms with Crippen LogP contribution in [0, 0.1) is 11.2 Å². The number of aromatic nitrogens is 4. The quantitative estimate of drug-likeness (QED) is 0.364. The van der Waals surface area contributed by atoms with Crippen molar-refractivity contribution in [1.82, 2.24) is 19.7 Å². The standard InChI is InChI=1S/C26H24FN5OS/c1-26(2)11-20-22(21(33)12-26)23(17-13-28-19-10-6-4-8-16(17)19)32-24(29-20)30-25(31-32)34-14-15-7-3-5-9-18(15)27/h3-10,13,23,28H,11-12,14H2,1-2H3,(H,29,30,31). The van der Waals surface area contributed by atoms with Crippen molar-refractivity contribution in [3.05, 3.63) is 82.9 Å². The fraction of sp³-hybridized carbons (Fsp3) is 0.269. The number of nitrogens with zero attached hydrogens (tertiary/aromatic N) is 3. The summed E-state index contributed by atoms with van der Waals surface area (Å²) in [6, 6.07) is 14.4. The zero-order valence-corrected chi connectivity index (χ0v) is 19.7. The average Bonchev–Trinajstić information content (AvgIpc) is 3.40. The first-order valence-corrected chi connectivity index (χ1v) is 12.3. The Hall–Kier alpha value is -3.39. The highest BCUT2D eigenvalue weighted by Crippen LogP contribution is 2.46. The van der Waals surface area contributed by atoms with Crippen LogP contribution >= 0.6 is 11.8 Å². The maximum atomic E-state index is 14.1. The molecule has 2 aromatic heterocycles. The minimum Gasteiger partial charge on any atom is -0.361 e. The van der Waals surface area contributed by atoms with Gasteiger partial charge in [0, 0.05) is 46.1 Å². The number of para-hydroxylation sites is 1. The number of nitrogens with one attached hydrogen (secondary N) is 2. The molecule has 4 aromatic rings. The van der Waals surface area contributed by atoms with Gasteiger partial charge in [-0.05, 0) is 29.5 Å². The SMILES string of the molecule is CC1(C)CC(=O)C2=C(C1)Nc1nc(SCc3ccccc3F)nn1C2c1c[nH]c2ccccc12. The van der Waals surface area contributed by atoms with Gasteiger partial charge in [-0.15, -0.1) is 5.10 Å². The van der Waals surface area contributed by atoms with Crippen LogP contribution in [0.4, 0.5) is 10.3 Å². The van der Waals surface area contributed by atoms with Crippen LogP contribution in [0.3, 0.4) is 0 Å². The summed E-state index contributed by atoms with van der Waals surface area (Å²) < 4.78 is 15.9. The van der Waals surface area contributed by atoms with Crippen molar-refractivity contribution in [2.45, 2.75) is 43.6 Å². The molecule has 0 radical (unpaired) electrons. The molecule has 6 nitrogen and oxygen atoms in total. The summed E-state index contributed by atoms with van der Waals surface area (Å²) in [5, 5.41) is 9.79. The number of halogens is 1. The smallest absolute Gasteiger partial charge is 0.227 e. The lowest BCUT2D eigenvalue weighted by Crippen LogP contribution is -2.36. The molecule has 1 aliphatic heterocycles. The number of thioether (sulfide) groups is 1. The fourth-order valence-corrected chi connectivity index (χ4v) is 5.83. The van der Waals surface area contributed by atoms with E-state index < -0.39 is 0 Å². The van der Waals surface area contributed by atoms with Gasteiger partial charge in [0.25, 0.3) is 0 Å². The van der Waals surface area contributed by atoms with Crippen LogP contribution in [0.15, 0.2) is 71.2 Å². The van der Waals surface area contributed by atoms with E-state index in [0.717, 1.165) is 34.2 Å². The Balaban J connectivity index is 1.44. The largest absolute Gasteiger partial charge is 0.361 e. The average molecular weight is 474 g/mol. The van der Waals surface area contributed by atoms with E-state index in [2.05, 4.69) is 30.2 Å². The number of aromatic amines is 1. The van der Waals surface area contributed by atoms with Gasteiger partial charge in [0.2, 0.25) is 11.1 Å². The lowest BCUT2D eigenvalue weighted by Gasteiger charge is -2.38. The summed E-state index contributed by atoms with van der Waals surface area (Å²) in [5.41, 5.74) is 4.16. The summed E-state index contributed by atoms with van der Waals surface area (Å²) in [7, 11) is 0. The molecular formula is C26H24FN5OS. The van der Waals surface area contributed by atoms with E-state index in [0.29, 0.717) is 28.8 Å². The Labute approximate surface area is 200 Å². The molecule has 34 heavy (non-hydrogen) atoms. The van der Waals surface area contributed by atoms with Gasteiger partial charge in [-0.1, -0.05) is 62.0 Å². The van der Waals surface area contributed by atoms with E-state index in [1.54, 1.807) is 12.1 Å². The summed E-state index contributed by atoms with van der Waals surface area (Å²) in [6.45, 7) is 4.23. The van der Waals surface area contributed by atoms with Crippen molar-refractivity contribution in [3.63, 3.8) is 0 Å². The molecule has 8 heteroatoms. The highest BCUT2D eigenvalue weighted by Gasteiger charge is 2.42. The van der Waals surface area contributed by atoms with E-state index >= 15 is 0 Å². The number of hydrogen-bond acceptors (Lipinski definition) is 5. The maximum Gasteiger partial charge on any atom is 0.227 e. The third-order valence-electron chi connectivity index (χ3n) is 6.54. The summed E-state index contributed by atoms with van der Waals surface area (Å²) >= 11 is 1.38. The number of hydrogen-bond donors (Lipinski definition) is 2. The van der Waals surface area contributed by atoms with E-state index in [4.69, 9.17) is 10.1 Å². The molecule has 0 saturated heterocycles. The van der Waals surface area contributed by atoms with Crippen LogP contribution < -0.4 is 5.32 Å². The zero-order chi connectivity index (χ0) is 23.4. The number of anilines is 1. The predicted octanol–water partition coefficient (Wildman–Crippen LogP) is 5.85. The van der Waals surface area contributed by atoms with Gasteiger partial charge in [0.05, 0.1) is 0 Å². The number of carbonyl (C=O) groups is 1.